The Morgan fingerprint density at radius 3 is 2.38 bits per heavy atom. The highest BCUT2D eigenvalue weighted by atomic mass is 79.9. The lowest BCUT2D eigenvalue weighted by Crippen LogP contribution is -1.47. The second-order valence-corrected chi connectivity index (χ2v) is 2.96. The predicted octanol–water partition coefficient (Wildman–Crippen LogP) is 2.91. The van der Waals surface area contributed by atoms with Gasteiger partial charge in [0.1, 0.15) is 0 Å². The van der Waals surface area contributed by atoms with E-state index < -0.39 is 0 Å². The van der Waals surface area contributed by atoms with Crippen LogP contribution in [-0.2, 0) is 0 Å². The first-order chi connectivity index (χ1) is 2.89. The molecule has 0 aliphatic rings. The summed E-state index contributed by atoms with van der Waals surface area (Å²) in [6.45, 7) is 0. The van der Waals surface area contributed by atoms with E-state index in [9.17, 15) is 0 Å². The molecular weight excluding hydrogens is 277 g/mol. The molecule has 1 nitrogen and oxygen atoms in total. The monoisotopic (exact) mass is 279 g/mol. The number of halogens is 3. The summed E-state index contributed by atoms with van der Waals surface area (Å²) >= 11 is 4.77. The van der Waals surface area contributed by atoms with E-state index in [0.29, 0.717) is 0 Å². The van der Waals surface area contributed by atoms with Crippen LogP contribution in [0, 0.1) is 0 Å². The first-order valence-corrected chi connectivity index (χ1v) is 3.12. The van der Waals surface area contributed by atoms with E-state index in [-0.39, 0.29) is 29.4 Å². The van der Waals surface area contributed by atoms with Crippen LogP contribution in [0.3, 0.4) is 0 Å². The number of hydrogen-bond donors (Lipinski definition) is 0. The molecule has 1 aromatic heterocycles. The van der Waals surface area contributed by atoms with Crippen LogP contribution in [0.25, 0.3) is 0 Å². The van der Waals surface area contributed by atoms with E-state index in [4.69, 9.17) is 0 Å². The van der Waals surface area contributed by atoms with E-state index in [1.807, 2.05) is 5.38 Å². The fourth-order valence-corrected chi connectivity index (χ4v) is 1.00. The van der Waals surface area contributed by atoms with Crippen molar-refractivity contribution >= 4 is 56.7 Å². The van der Waals surface area contributed by atoms with Gasteiger partial charge in [0.2, 0.25) is 0 Å². The molecule has 1 rings (SSSR count). The summed E-state index contributed by atoms with van der Waals surface area (Å²) in [5.74, 6) is 0. The van der Waals surface area contributed by atoms with Gasteiger partial charge in [-0.1, -0.05) is 0 Å². The molecule has 0 fully saturated rings. The Bertz CT molecular complexity index is 121. The molecule has 48 valence electrons. The van der Waals surface area contributed by atoms with Crippen LogP contribution in [0.4, 0.5) is 0 Å². The van der Waals surface area contributed by atoms with Crippen molar-refractivity contribution in [3.63, 3.8) is 0 Å². The SMILES string of the molecule is Br.Brc1nccs1.Cl. The lowest BCUT2D eigenvalue weighted by molar-refractivity contribution is 1.38. The largest absolute Gasteiger partial charge is 0.238 e. The zero-order valence-electron chi connectivity index (χ0n) is 3.70. The Hall–Kier alpha value is 0.880. The zero-order chi connectivity index (χ0) is 4.41. The molecule has 0 aliphatic heterocycles. The molecule has 0 bridgehead atoms. The molecule has 0 N–H and O–H groups in total. The molecule has 1 heterocycles. The lowest BCUT2D eigenvalue weighted by atomic mass is 11.0. The van der Waals surface area contributed by atoms with Gasteiger partial charge in [-0.3, -0.25) is 0 Å². The van der Waals surface area contributed by atoms with Gasteiger partial charge in [0.05, 0.1) is 0 Å². The Balaban J connectivity index is 0. The fraction of sp³-hybridized carbons (Fsp3) is 0. The van der Waals surface area contributed by atoms with Gasteiger partial charge in [-0.05, 0) is 15.9 Å². The summed E-state index contributed by atoms with van der Waals surface area (Å²) in [6.07, 6.45) is 1.76. The Morgan fingerprint density at radius 1 is 1.62 bits per heavy atom. The van der Waals surface area contributed by atoms with Crippen LogP contribution in [-0.4, -0.2) is 4.98 Å². The highest BCUT2D eigenvalue weighted by Gasteiger charge is 1.79. The van der Waals surface area contributed by atoms with Crippen molar-refractivity contribution in [1.82, 2.24) is 4.98 Å². The highest BCUT2D eigenvalue weighted by molar-refractivity contribution is 9.11. The van der Waals surface area contributed by atoms with Crippen LogP contribution < -0.4 is 0 Å². The Kier molecular flexibility index (Phi) is 8.75. The van der Waals surface area contributed by atoms with Gasteiger partial charge < -0.3 is 0 Å². The fourth-order valence-electron chi connectivity index (χ4n) is 0.206. The van der Waals surface area contributed by atoms with Gasteiger partial charge in [-0.2, -0.15) is 0 Å². The maximum atomic E-state index is 3.85. The number of hydrogen-bond acceptors (Lipinski definition) is 2. The zero-order valence-corrected chi connectivity index (χ0v) is 8.64. The molecular formula is C3H4Br2ClNS. The third kappa shape index (κ3) is 3.83. The second kappa shape index (κ2) is 6.01. The standard InChI is InChI=1S/C3H2BrNS.BrH.ClH/c4-3-5-1-2-6-3;;/h1-2H;2*1H. The van der Waals surface area contributed by atoms with E-state index in [1.54, 1.807) is 17.5 Å². The van der Waals surface area contributed by atoms with E-state index in [1.165, 1.54) is 0 Å². The topological polar surface area (TPSA) is 12.9 Å². The molecule has 0 aromatic carbocycles. The summed E-state index contributed by atoms with van der Waals surface area (Å²) in [5, 5.41) is 1.92. The smallest absolute Gasteiger partial charge is 0.159 e. The molecule has 0 amide bonds. The molecule has 0 saturated carbocycles. The van der Waals surface area contributed by atoms with Gasteiger partial charge in [0, 0.05) is 11.6 Å². The van der Waals surface area contributed by atoms with Crippen LogP contribution in [0.5, 0.6) is 0 Å². The van der Waals surface area contributed by atoms with E-state index in [0.717, 1.165) is 3.92 Å². The van der Waals surface area contributed by atoms with E-state index >= 15 is 0 Å². The molecule has 0 aliphatic carbocycles. The lowest BCUT2D eigenvalue weighted by Gasteiger charge is -1.61. The normalized spacial score (nSPS) is 6.62. The summed E-state index contributed by atoms with van der Waals surface area (Å²) in [7, 11) is 0. The first kappa shape index (κ1) is 11.6. The third-order valence-corrected chi connectivity index (χ3v) is 1.73. The summed E-state index contributed by atoms with van der Waals surface area (Å²) < 4.78 is 0.947. The van der Waals surface area contributed by atoms with Crippen LogP contribution in [0.1, 0.15) is 0 Å². The van der Waals surface area contributed by atoms with Gasteiger partial charge in [0.15, 0.2) is 3.92 Å². The van der Waals surface area contributed by atoms with Crippen molar-refractivity contribution in [1.29, 1.82) is 0 Å². The molecule has 5 heteroatoms. The van der Waals surface area contributed by atoms with Crippen LogP contribution in [0.2, 0.25) is 0 Å². The maximum absolute atomic E-state index is 3.85. The van der Waals surface area contributed by atoms with Gasteiger partial charge in [-0.25, -0.2) is 4.98 Å². The van der Waals surface area contributed by atoms with Gasteiger partial charge in [-0.15, -0.1) is 40.7 Å². The van der Waals surface area contributed by atoms with Crippen molar-refractivity contribution in [3.8, 4) is 0 Å². The number of aromatic nitrogens is 1. The molecule has 8 heavy (non-hydrogen) atoms. The second-order valence-electron chi connectivity index (χ2n) is 0.785. The average Bonchev–Trinajstić information content (AvgIpc) is 1.86. The summed E-state index contributed by atoms with van der Waals surface area (Å²) in [4.78, 5) is 3.85. The minimum atomic E-state index is 0. The third-order valence-electron chi connectivity index (χ3n) is 0.402. The predicted molar refractivity (Wildman–Crippen MR) is 47.4 cm³/mol. The van der Waals surface area contributed by atoms with Gasteiger partial charge >= 0.3 is 0 Å². The minimum Gasteiger partial charge on any atom is -0.238 e. The number of thiazole rings is 1. The van der Waals surface area contributed by atoms with Crippen LogP contribution in [0.15, 0.2) is 15.5 Å². The molecule has 0 unspecified atom stereocenters. The average molecular weight is 281 g/mol. The molecule has 0 saturated heterocycles. The minimum absolute atomic E-state index is 0. The highest BCUT2D eigenvalue weighted by Crippen LogP contribution is 2.10. The Labute approximate surface area is 76.8 Å². The number of rotatable bonds is 0. The van der Waals surface area contributed by atoms with Crippen molar-refractivity contribution in [2.45, 2.75) is 0 Å². The summed E-state index contributed by atoms with van der Waals surface area (Å²) in [5.41, 5.74) is 0. The molecule has 0 atom stereocenters. The summed E-state index contributed by atoms with van der Waals surface area (Å²) in [6, 6.07) is 0. The first-order valence-electron chi connectivity index (χ1n) is 1.44. The van der Waals surface area contributed by atoms with Crippen molar-refractivity contribution in [3.05, 3.63) is 15.5 Å². The van der Waals surface area contributed by atoms with E-state index in [2.05, 4.69) is 20.9 Å². The van der Waals surface area contributed by atoms with Crippen molar-refractivity contribution in [2.75, 3.05) is 0 Å². The number of nitrogens with zero attached hydrogens (tertiary/aromatic N) is 1. The molecule has 1 aromatic rings. The van der Waals surface area contributed by atoms with Gasteiger partial charge in [0.25, 0.3) is 0 Å². The van der Waals surface area contributed by atoms with Crippen molar-refractivity contribution < 1.29 is 0 Å². The molecule has 0 spiro atoms. The maximum Gasteiger partial charge on any atom is 0.159 e. The quantitative estimate of drug-likeness (QED) is 0.712. The Morgan fingerprint density at radius 2 is 2.25 bits per heavy atom. The van der Waals surface area contributed by atoms with Crippen molar-refractivity contribution in [2.24, 2.45) is 0 Å². The molecule has 0 radical (unpaired) electrons. The van der Waals surface area contributed by atoms with Crippen LogP contribution >= 0.6 is 56.7 Å².